The van der Waals surface area contributed by atoms with E-state index in [4.69, 9.17) is 23.7 Å². The standard InChI is InChI=1S/C23H34N2O9/c1-21(2,3)33-19(28)24-25(20(29)34-22(4,5)6)23(7,18(27)32-10)17(26)14-11-12-15(30-8)16(13-14)31-9/h11-13H,1-10H3,(H,24,28)/t23-/m0/s1. The summed E-state index contributed by atoms with van der Waals surface area (Å²) in [5, 5.41) is 0.469. The first-order valence-electron chi connectivity index (χ1n) is 10.4. The summed E-state index contributed by atoms with van der Waals surface area (Å²) in [7, 11) is 3.85. The Morgan fingerprint density at radius 1 is 0.794 bits per heavy atom. The Bertz CT molecular complexity index is 931. The number of carbonyl (C=O) groups excluding carboxylic acids is 4. The summed E-state index contributed by atoms with van der Waals surface area (Å²) in [4.78, 5) is 52.3. The number of ether oxygens (including phenoxy) is 5. The Morgan fingerprint density at radius 3 is 1.76 bits per heavy atom. The molecule has 2 amide bonds. The Hall–Kier alpha value is -3.50. The number of nitrogens with one attached hydrogen (secondary N) is 1. The van der Waals surface area contributed by atoms with Gasteiger partial charge in [0.1, 0.15) is 11.2 Å². The topological polar surface area (TPSA) is 130 Å². The molecular formula is C23H34N2O9. The number of methoxy groups -OCH3 is 3. The van der Waals surface area contributed by atoms with Crippen LogP contribution < -0.4 is 14.9 Å². The predicted octanol–water partition coefficient (Wildman–Crippen LogP) is 3.50. The SMILES string of the molecule is COC(=O)[C@](C)(C(=O)c1ccc(OC)c(OC)c1)N(NC(=O)OC(C)(C)C)C(=O)OC(C)(C)C. The van der Waals surface area contributed by atoms with Crippen molar-refractivity contribution in [1.29, 1.82) is 0 Å². The van der Waals surface area contributed by atoms with Gasteiger partial charge in [0.15, 0.2) is 11.5 Å². The number of carbonyl (C=O) groups is 4. The van der Waals surface area contributed by atoms with Gasteiger partial charge in [-0.2, -0.15) is 5.01 Å². The van der Waals surface area contributed by atoms with Crippen molar-refractivity contribution >= 4 is 23.9 Å². The van der Waals surface area contributed by atoms with E-state index in [9.17, 15) is 19.2 Å². The maximum atomic E-state index is 13.7. The van der Waals surface area contributed by atoms with Crippen LogP contribution in [0, 0.1) is 0 Å². The van der Waals surface area contributed by atoms with E-state index in [0.717, 1.165) is 14.0 Å². The summed E-state index contributed by atoms with van der Waals surface area (Å²) in [5.74, 6) is -1.46. The van der Waals surface area contributed by atoms with Crippen molar-refractivity contribution in [3.8, 4) is 11.5 Å². The van der Waals surface area contributed by atoms with Gasteiger partial charge in [0.25, 0.3) is 0 Å². The highest BCUT2D eigenvalue weighted by atomic mass is 16.6. The lowest BCUT2D eigenvalue weighted by atomic mass is 9.90. The van der Waals surface area contributed by atoms with Crippen molar-refractivity contribution in [2.75, 3.05) is 21.3 Å². The van der Waals surface area contributed by atoms with Crippen LogP contribution in [0.25, 0.3) is 0 Å². The van der Waals surface area contributed by atoms with Crippen LogP contribution in [0.1, 0.15) is 58.8 Å². The van der Waals surface area contributed by atoms with E-state index in [1.807, 2.05) is 0 Å². The number of benzene rings is 1. The van der Waals surface area contributed by atoms with E-state index in [2.05, 4.69) is 5.43 Å². The maximum absolute atomic E-state index is 13.7. The minimum absolute atomic E-state index is 0.0231. The summed E-state index contributed by atoms with van der Waals surface area (Å²) in [5.41, 5.74) is -2.18. The zero-order chi connectivity index (χ0) is 26.5. The van der Waals surface area contributed by atoms with E-state index in [1.165, 1.54) is 32.4 Å². The molecule has 190 valence electrons. The molecule has 1 aromatic carbocycles. The lowest BCUT2D eigenvalue weighted by Gasteiger charge is -2.38. The smallest absolute Gasteiger partial charge is 0.430 e. The van der Waals surface area contributed by atoms with Crippen LogP contribution in [-0.4, -0.2) is 67.0 Å². The molecule has 0 aliphatic carbocycles. The number of nitrogens with zero attached hydrogens (tertiary/aromatic N) is 1. The molecular weight excluding hydrogens is 448 g/mol. The average molecular weight is 483 g/mol. The van der Waals surface area contributed by atoms with Crippen LogP contribution in [0.15, 0.2) is 18.2 Å². The lowest BCUT2D eigenvalue weighted by molar-refractivity contribution is -0.152. The van der Waals surface area contributed by atoms with Crippen LogP contribution in [0.4, 0.5) is 9.59 Å². The van der Waals surface area contributed by atoms with Crippen LogP contribution in [0.2, 0.25) is 0 Å². The van der Waals surface area contributed by atoms with Gasteiger partial charge in [0.05, 0.1) is 21.3 Å². The number of Topliss-reactive ketones (excluding diaryl/α,β-unsaturated/α-hetero) is 1. The van der Waals surface area contributed by atoms with Crippen molar-refractivity contribution in [2.45, 2.75) is 65.2 Å². The van der Waals surface area contributed by atoms with Gasteiger partial charge in [-0.3, -0.25) is 4.79 Å². The first kappa shape index (κ1) is 28.5. The summed E-state index contributed by atoms with van der Waals surface area (Å²) in [6, 6.07) is 4.18. The van der Waals surface area contributed by atoms with E-state index in [0.29, 0.717) is 10.8 Å². The molecule has 1 atom stereocenters. The molecule has 0 saturated carbocycles. The van der Waals surface area contributed by atoms with Gasteiger partial charge in [-0.25, -0.2) is 19.8 Å². The largest absolute Gasteiger partial charge is 0.493 e. The van der Waals surface area contributed by atoms with Gasteiger partial charge in [0, 0.05) is 5.56 Å². The van der Waals surface area contributed by atoms with Gasteiger partial charge in [-0.1, -0.05) is 0 Å². The summed E-state index contributed by atoms with van der Waals surface area (Å²) >= 11 is 0. The van der Waals surface area contributed by atoms with Crippen LogP contribution in [-0.2, 0) is 19.0 Å². The summed E-state index contributed by atoms with van der Waals surface area (Å²) < 4.78 is 25.8. The van der Waals surface area contributed by atoms with Crippen LogP contribution in [0.5, 0.6) is 11.5 Å². The normalized spacial score (nSPS) is 13.1. The van der Waals surface area contributed by atoms with Gasteiger partial charge < -0.3 is 23.7 Å². The fourth-order valence-corrected chi connectivity index (χ4v) is 2.78. The molecule has 0 aliphatic heterocycles. The summed E-state index contributed by atoms with van der Waals surface area (Å²) in [6.07, 6.45) is -2.27. The molecule has 0 aromatic heterocycles. The molecule has 34 heavy (non-hydrogen) atoms. The predicted molar refractivity (Wildman–Crippen MR) is 122 cm³/mol. The Labute approximate surface area is 199 Å². The highest BCUT2D eigenvalue weighted by molar-refractivity contribution is 6.17. The molecule has 0 spiro atoms. The fourth-order valence-electron chi connectivity index (χ4n) is 2.78. The highest BCUT2D eigenvalue weighted by Gasteiger charge is 2.53. The molecule has 0 heterocycles. The van der Waals surface area contributed by atoms with Gasteiger partial charge in [-0.15, -0.1) is 0 Å². The quantitative estimate of drug-likeness (QED) is 0.213. The molecule has 11 nitrogen and oxygen atoms in total. The van der Waals surface area contributed by atoms with E-state index < -0.39 is 40.7 Å². The monoisotopic (exact) mass is 482 g/mol. The lowest BCUT2D eigenvalue weighted by Crippen LogP contribution is -2.67. The van der Waals surface area contributed by atoms with Crippen molar-refractivity contribution in [3.05, 3.63) is 23.8 Å². The van der Waals surface area contributed by atoms with E-state index >= 15 is 0 Å². The van der Waals surface area contributed by atoms with E-state index in [1.54, 1.807) is 41.5 Å². The number of esters is 1. The molecule has 0 bridgehead atoms. The van der Waals surface area contributed by atoms with Crippen molar-refractivity contribution in [2.24, 2.45) is 0 Å². The zero-order valence-corrected chi connectivity index (χ0v) is 21.4. The summed E-state index contributed by atoms with van der Waals surface area (Å²) in [6.45, 7) is 10.7. The van der Waals surface area contributed by atoms with E-state index in [-0.39, 0.29) is 11.3 Å². The van der Waals surface area contributed by atoms with Crippen molar-refractivity contribution in [3.63, 3.8) is 0 Å². The second kappa shape index (κ2) is 10.6. The minimum Gasteiger partial charge on any atom is -0.493 e. The van der Waals surface area contributed by atoms with Gasteiger partial charge >= 0.3 is 18.2 Å². The van der Waals surface area contributed by atoms with Crippen LogP contribution in [0.3, 0.4) is 0 Å². The Kier molecular flexibility index (Phi) is 8.91. The second-order valence-electron chi connectivity index (χ2n) is 9.39. The third-order valence-electron chi connectivity index (χ3n) is 4.30. The highest BCUT2D eigenvalue weighted by Crippen LogP contribution is 2.31. The first-order valence-corrected chi connectivity index (χ1v) is 10.4. The first-order chi connectivity index (χ1) is 15.5. The molecule has 0 unspecified atom stereocenters. The number of ketones is 1. The third-order valence-corrected chi connectivity index (χ3v) is 4.30. The molecule has 0 saturated heterocycles. The molecule has 0 radical (unpaired) electrons. The molecule has 0 aliphatic rings. The zero-order valence-electron chi connectivity index (χ0n) is 21.4. The Morgan fingerprint density at radius 2 is 1.32 bits per heavy atom. The minimum atomic E-state index is -2.38. The molecule has 11 heteroatoms. The number of hydrogen-bond donors (Lipinski definition) is 1. The van der Waals surface area contributed by atoms with Crippen molar-refractivity contribution < 1.29 is 42.9 Å². The number of hydrogen-bond acceptors (Lipinski definition) is 9. The van der Waals surface area contributed by atoms with Gasteiger partial charge in [-0.05, 0) is 66.7 Å². The maximum Gasteiger partial charge on any atom is 0.430 e. The van der Waals surface area contributed by atoms with Crippen molar-refractivity contribution in [1.82, 2.24) is 10.4 Å². The fraction of sp³-hybridized carbons (Fsp3) is 0.565. The molecule has 1 N–H and O–H groups in total. The van der Waals surface area contributed by atoms with Crippen LogP contribution >= 0.6 is 0 Å². The number of hydrazine groups is 1. The molecule has 1 aromatic rings. The third kappa shape index (κ3) is 7.00. The molecule has 0 fully saturated rings. The molecule has 1 rings (SSSR count). The second-order valence-corrected chi connectivity index (χ2v) is 9.39. The van der Waals surface area contributed by atoms with Gasteiger partial charge in [0.2, 0.25) is 11.3 Å². The number of rotatable bonds is 6. The Balaban J connectivity index is 3.65. The average Bonchev–Trinajstić information content (AvgIpc) is 2.72. The number of amides is 2.